The molecule has 0 rings (SSSR count). The molecule has 0 bridgehead atoms. The minimum Gasteiger partial charge on any atom is -0.481 e. The molecule has 0 aromatic rings. The zero-order valence-electron chi connectivity index (χ0n) is 12.0. The molecule has 0 unspecified atom stereocenters. The maximum Gasteiger partial charge on any atom is 0.305 e. The molecular formula is C13H27NO4. The largest absolute Gasteiger partial charge is 0.481 e. The van der Waals surface area contributed by atoms with Crippen LogP contribution in [0.4, 0.5) is 0 Å². The molecule has 0 atom stereocenters. The number of aliphatic carboxylic acids is 1. The Hall–Kier alpha value is -0.650. The number of nitrogens with two attached hydrogens (primary N) is 1. The highest BCUT2D eigenvalue weighted by atomic mass is 16.5. The fraction of sp³-hybridized carbons (Fsp3) is 0.923. The average Bonchev–Trinajstić information content (AvgIpc) is 2.15. The third-order valence-corrected chi connectivity index (χ3v) is 2.75. The average molecular weight is 261 g/mol. The van der Waals surface area contributed by atoms with Gasteiger partial charge < -0.3 is 20.3 Å². The van der Waals surface area contributed by atoms with Crippen molar-refractivity contribution >= 4 is 5.97 Å². The van der Waals surface area contributed by atoms with Gasteiger partial charge in [0.2, 0.25) is 0 Å². The van der Waals surface area contributed by atoms with E-state index < -0.39 is 5.97 Å². The highest BCUT2D eigenvalue weighted by Crippen LogP contribution is 2.19. The van der Waals surface area contributed by atoms with E-state index in [0.29, 0.717) is 13.2 Å². The van der Waals surface area contributed by atoms with Crippen LogP contribution in [0.3, 0.4) is 0 Å². The van der Waals surface area contributed by atoms with E-state index in [4.69, 9.17) is 20.3 Å². The molecule has 0 spiro atoms. The molecule has 0 aromatic heterocycles. The maximum absolute atomic E-state index is 10.4. The molecule has 0 saturated heterocycles. The monoisotopic (exact) mass is 261 g/mol. The number of carboxylic acid groups (broad SMARTS) is 1. The van der Waals surface area contributed by atoms with Crippen LogP contribution >= 0.6 is 0 Å². The molecule has 0 radical (unpaired) electrons. The van der Waals surface area contributed by atoms with Gasteiger partial charge in [-0.15, -0.1) is 0 Å². The molecular weight excluding hydrogens is 234 g/mol. The fourth-order valence-corrected chi connectivity index (χ4v) is 1.48. The SMILES string of the molecule is CC(C)(CCN)OCCC(C)(C)OCCC(=O)O. The quantitative estimate of drug-likeness (QED) is 0.626. The van der Waals surface area contributed by atoms with Crippen molar-refractivity contribution in [3.8, 4) is 0 Å². The third-order valence-electron chi connectivity index (χ3n) is 2.75. The molecule has 0 aliphatic rings. The van der Waals surface area contributed by atoms with Crippen LogP contribution in [0.1, 0.15) is 47.0 Å². The second kappa shape index (κ2) is 7.71. The fourth-order valence-electron chi connectivity index (χ4n) is 1.48. The molecule has 5 nitrogen and oxygen atoms in total. The first-order chi connectivity index (χ1) is 8.18. The van der Waals surface area contributed by atoms with E-state index in [-0.39, 0.29) is 24.2 Å². The van der Waals surface area contributed by atoms with Crippen LogP contribution in [0.25, 0.3) is 0 Å². The molecule has 5 heteroatoms. The van der Waals surface area contributed by atoms with Gasteiger partial charge in [-0.2, -0.15) is 0 Å². The predicted molar refractivity (Wildman–Crippen MR) is 70.6 cm³/mol. The van der Waals surface area contributed by atoms with E-state index in [1.54, 1.807) is 0 Å². The van der Waals surface area contributed by atoms with Gasteiger partial charge in [-0.1, -0.05) is 0 Å². The Kier molecular flexibility index (Phi) is 7.43. The molecule has 0 heterocycles. The Labute approximate surface area is 110 Å². The summed E-state index contributed by atoms with van der Waals surface area (Å²) in [7, 11) is 0. The zero-order valence-corrected chi connectivity index (χ0v) is 12.0. The molecule has 0 fully saturated rings. The van der Waals surface area contributed by atoms with E-state index in [2.05, 4.69) is 0 Å². The Bertz CT molecular complexity index is 251. The Morgan fingerprint density at radius 1 is 1.06 bits per heavy atom. The molecule has 0 aliphatic heterocycles. The van der Waals surface area contributed by atoms with Crippen molar-refractivity contribution < 1.29 is 19.4 Å². The lowest BCUT2D eigenvalue weighted by Crippen LogP contribution is -2.32. The van der Waals surface area contributed by atoms with Gasteiger partial charge in [0, 0.05) is 0 Å². The van der Waals surface area contributed by atoms with Gasteiger partial charge in [0.1, 0.15) is 0 Å². The second-order valence-corrected chi connectivity index (χ2v) is 5.65. The first-order valence-electron chi connectivity index (χ1n) is 6.38. The number of carbonyl (C=O) groups is 1. The number of rotatable bonds is 10. The van der Waals surface area contributed by atoms with E-state index in [0.717, 1.165) is 12.8 Å². The van der Waals surface area contributed by atoms with Crippen molar-refractivity contribution in [3.63, 3.8) is 0 Å². The van der Waals surface area contributed by atoms with Crippen molar-refractivity contribution in [2.75, 3.05) is 19.8 Å². The summed E-state index contributed by atoms with van der Waals surface area (Å²) in [5.74, 6) is -0.842. The summed E-state index contributed by atoms with van der Waals surface area (Å²) in [4.78, 5) is 10.4. The van der Waals surface area contributed by atoms with Gasteiger partial charge in [0.25, 0.3) is 0 Å². The predicted octanol–water partition coefficient (Wildman–Crippen LogP) is 1.79. The number of hydrogen-bond acceptors (Lipinski definition) is 4. The van der Waals surface area contributed by atoms with E-state index >= 15 is 0 Å². The molecule has 0 aromatic carbocycles. The summed E-state index contributed by atoms with van der Waals surface area (Å²) < 4.78 is 11.3. The van der Waals surface area contributed by atoms with Crippen molar-refractivity contribution in [1.82, 2.24) is 0 Å². The molecule has 0 saturated carbocycles. The Balaban J connectivity index is 3.85. The van der Waals surface area contributed by atoms with Crippen molar-refractivity contribution in [2.24, 2.45) is 5.73 Å². The van der Waals surface area contributed by atoms with Crippen LogP contribution in [-0.2, 0) is 14.3 Å². The van der Waals surface area contributed by atoms with E-state index in [1.165, 1.54) is 0 Å². The van der Waals surface area contributed by atoms with Gasteiger partial charge in [0.05, 0.1) is 30.8 Å². The number of ether oxygens (including phenoxy) is 2. The van der Waals surface area contributed by atoms with Gasteiger partial charge >= 0.3 is 5.97 Å². The summed E-state index contributed by atoms with van der Waals surface area (Å²) in [6.07, 6.45) is 1.57. The van der Waals surface area contributed by atoms with Gasteiger partial charge in [-0.05, 0) is 47.1 Å². The lowest BCUT2D eigenvalue weighted by molar-refractivity contribution is -0.140. The highest BCUT2D eigenvalue weighted by molar-refractivity contribution is 5.66. The van der Waals surface area contributed by atoms with Gasteiger partial charge in [0.15, 0.2) is 0 Å². The Morgan fingerprint density at radius 2 is 1.56 bits per heavy atom. The lowest BCUT2D eigenvalue weighted by Gasteiger charge is -2.29. The minimum absolute atomic E-state index is 0.0307. The lowest BCUT2D eigenvalue weighted by atomic mass is 10.0. The first-order valence-corrected chi connectivity index (χ1v) is 6.38. The number of hydrogen-bond donors (Lipinski definition) is 2. The molecule has 3 N–H and O–H groups in total. The summed E-state index contributed by atoms with van der Waals surface area (Å²) in [6.45, 7) is 9.31. The van der Waals surface area contributed by atoms with Crippen LogP contribution in [0.2, 0.25) is 0 Å². The molecule has 18 heavy (non-hydrogen) atoms. The van der Waals surface area contributed by atoms with Crippen LogP contribution in [0, 0.1) is 0 Å². The summed E-state index contributed by atoms with van der Waals surface area (Å²) in [5, 5.41) is 8.54. The first kappa shape index (κ1) is 17.4. The van der Waals surface area contributed by atoms with Crippen molar-refractivity contribution in [1.29, 1.82) is 0 Å². The zero-order chi connectivity index (χ0) is 14.2. The van der Waals surface area contributed by atoms with Crippen molar-refractivity contribution in [2.45, 2.75) is 58.2 Å². The van der Waals surface area contributed by atoms with Gasteiger partial charge in [-0.3, -0.25) is 4.79 Å². The molecule has 108 valence electrons. The summed E-state index contributed by atoms with van der Waals surface area (Å²) in [6, 6.07) is 0. The van der Waals surface area contributed by atoms with E-state index in [9.17, 15) is 4.79 Å². The standard InChI is InChI=1S/C13H27NO4/c1-12(2,6-8-14)18-10-7-13(3,4)17-9-5-11(15)16/h5-10,14H2,1-4H3,(H,15,16). The Morgan fingerprint density at radius 3 is 2.06 bits per heavy atom. The normalized spacial score (nSPS) is 12.7. The third kappa shape index (κ3) is 9.39. The summed E-state index contributed by atoms with van der Waals surface area (Å²) >= 11 is 0. The number of carboxylic acids is 1. The smallest absolute Gasteiger partial charge is 0.305 e. The van der Waals surface area contributed by atoms with Crippen LogP contribution in [-0.4, -0.2) is 42.0 Å². The maximum atomic E-state index is 10.4. The summed E-state index contributed by atoms with van der Waals surface area (Å²) in [5.41, 5.74) is 4.92. The van der Waals surface area contributed by atoms with E-state index in [1.807, 2.05) is 27.7 Å². The molecule has 0 aliphatic carbocycles. The molecule has 0 amide bonds. The second-order valence-electron chi connectivity index (χ2n) is 5.65. The minimum atomic E-state index is -0.842. The van der Waals surface area contributed by atoms with Crippen LogP contribution in [0.5, 0.6) is 0 Å². The van der Waals surface area contributed by atoms with Crippen LogP contribution < -0.4 is 5.73 Å². The van der Waals surface area contributed by atoms with Crippen molar-refractivity contribution in [3.05, 3.63) is 0 Å². The van der Waals surface area contributed by atoms with Crippen LogP contribution in [0.15, 0.2) is 0 Å². The topological polar surface area (TPSA) is 81.8 Å². The highest BCUT2D eigenvalue weighted by Gasteiger charge is 2.22. The van der Waals surface area contributed by atoms with Gasteiger partial charge in [-0.25, -0.2) is 0 Å².